The molecule has 118 valence electrons. The predicted octanol–water partition coefficient (Wildman–Crippen LogP) is 3.74. The van der Waals surface area contributed by atoms with Crippen molar-refractivity contribution in [1.29, 1.82) is 0 Å². The number of carbonyl (C=O) groups excluding carboxylic acids is 1. The Kier molecular flexibility index (Phi) is 4.67. The molecule has 0 aliphatic rings. The second kappa shape index (κ2) is 6.87. The summed E-state index contributed by atoms with van der Waals surface area (Å²) >= 11 is 1.60. The molecule has 2 aromatic carbocycles. The number of esters is 1. The maximum Gasteiger partial charge on any atom is 0.336 e. The molecule has 1 aromatic heterocycles. The average molecular weight is 328 g/mol. The number of hydrogen-bond donors (Lipinski definition) is 0. The van der Waals surface area contributed by atoms with Gasteiger partial charge < -0.3 is 9.15 Å². The Bertz CT molecular complexity index is 914. The SMILES string of the molecule is COC(=O)CCSCc1cc(=O)oc2ccc3ccccc3c12. The van der Waals surface area contributed by atoms with Gasteiger partial charge >= 0.3 is 11.6 Å². The van der Waals surface area contributed by atoms with Gasteiger partial charge in [0.15, 0.2) is 0 Å². The molecule has 0 N–H and O–H groups in total. The van der Waals surface area contributed by atoms with Crippen LogP contribution in [0.5, 0.6) is 0 Å². The molecule has 0 bridgehead atoms. The molecular weight excluding hydrogens is 312 g/mol. The van der Waals surface area contributed by atoms with Gasteiger partial charge in [0.2, 0.25) is 0 Å². The van der Waals surface area contributed by atoms with Gasteiger partial charge in [-0.05, 0) is 22.4 Å². The first kappa shape index (κ1) is 15.6. The molecule has 0 spiro atoms. The highest BCUT2D eigenvalue weighted by Crippen LogP contribution is 2.29. The lowest BCUT2D eigenvalue weighted by atomic mass is 10.0. The first-order valence-corrected chi connectivity index (χ1v) is 8.43. The van der Waals surface area contributed by atoms with Gasteiger partial charge in [-0.1, -0.05) is 30.3 Å². The number of hydrogen-bond acceptors (Lipinski definition) is 5. The quantitative estimate of drug-likeness (QED) is 0.309. The topological polar surface area (TPSA) is 56.5 Å². The maximum absolute atomic E-state index is 11.8. The number of ether oxygens (including phenoxy) is 1. The van der Waals surface area contributed by atoms with Gasteiger partial charge in [-0.15, -0.1) is 0 Å². The second-order valence-electron chi connectivity index (χ2n) is 5.13. The van der Waals surface area contributed by atoms with E-state index in [2.05, 4.69) is 4.74 Å². The molecule has 0 atom stereocenters. The number of fused-ring (bicyclic) bond motifs is 3. The lowest BCUT2D eigenvalue weighted by molar-refractivity contribution is -0.140. The van der Waals surface area contributed by atoms with Gasteiger partial charge in [-0.3, -0.25) is 4.79 Å². The third-order valence-electron chi connectivity index (χ3n) is 3.65. The Morgan fingerprint density at radius 2 is 2.04 bits per heavy atom. The van der Waals surface area contributed by atoms with E-state index in [-0.39, 0.29) is 11.6 Å². The monoisotopic (exact) mass is 328 g/mol. The van der Waals surface area contributed by atoms with E-state index in [0.29, 0.717) is 23.5 Å². The largest absolute Gasteiger partial charge is 0.469 e. The van der Waals surface area contributed by atoms with Gasteiger partial charge in [-0.2, -0.15) is 11.8 Å². The van der Waals surface area contributed by atoms with Gasteiger partial charge in [0.25, 0.3) is 0 Å². The molecule has 0 amide bonds. The van der Waals surface area contributed by atoms with Crippen LogP contribution in [0.15, 0.2) is 51.7 Å². The summed E-state index contributed by atoms with van der Waals surface area (Å²) in [5.41, 5.74) is 1.18. The van der Waals surface area contributed by atoms with Crippen molar-refractivity contribution in [2.24, 2.45) is 0 Å². The van der Waals surface area contributed by atoms with Crippen molar-refractivity contribution in [3.05, 3.63) is 58.4 Å². The smallest absolute Gasteiger partial charge is 0.336 e. The molecular formula is C18H16O4S. The summed E-state index contributed by atoms with van der Waals surface area (Å²) < 4.78 is 9.97. The number of thioether (sulfide) groups is 1. The summed E-state index contributed by atoms with van der Waals surface area (Å²) in [5, 5.41) is 3.14. The Morgan fingerprint density at radius 3 is 2.87 bits per heavy atom. The summed E-state index contributed by atoms with van der Waals surface area (Å²) in [6.45, 7) is 0. The van der Waals surface area contributed by atoms with Gasteiger partial charge in [-0.25, -0.2) is 4.79 Å². The van der Waals surface area contributed by atoms with Gasteiger partial charge in [0, 0.05) is 23.0 Å². The van der Waals surface area contributed by atoms with Crippen molar-refractivity contribution in [2.75, 3.05) is 12.9 Å². The Hall–Kier alpha value is -2.27. The van der Waals surface area contributed by atoms with Crippen LogP contribution in [0.1, 0.15) is 12.0 Å². The van der Waals surface area contributed by atoms with Crippen LogP contribution in [-0.2, 0) is 15.3 Å². The van der Waals surface area contributed by atoms with Crippen LogP contribution in [0.25, 0.3) is 21.7 Å². The number of methoxy groups -OCH3 is 1. The van der Waals surface area contributed by atoms with Crippen LogP contribution < -0.4 is 5.63 Å². The molecule has 23 heavy (non-hydrogen) atoms. The third-order valence-corrected chi connectivity index (χ3v) is 4.66. The summed E-state index contributed by atoms with van der Waals surface area (Å²) in [7, 11) is 1.38. The Balaban J connectivity index is 1.96. The Morgan fingerprint density at radius 1 is 1.22 bits per heavy atom. The number of carbonyl (C=O) groups is 1. The molecule has 4 nitrogen and oxygen atoms in total. The maximum atomic E-state index is 11.8. The molecule has 0 saturated heterocycles. The van der Waals surface area contributed by atoms with E-state index < -0.39 is 0 Å². The number of rotatable bonds is 5. The van der Waals surface area contributed by atoms with E-state index >= 15 is 0 Å². The highest BCUT2D eigenvalue weighted by molar-refractivity contribution is 7.98. The minimum absolute atomic E-state index is 0.222. The van der Waals surface area contributed by atoms with Crippen LogP contribution in [0, 0.1) is 0 Å². The van der Waals surface area contributed by atoms with Crippen molar-refractivity contribution in [3.63, 3.8) is 0 Å². The minimum atomic E-state index is -0.351. The highest BCUT2D eigenvalue weighted by Gasteiger charge is 2.10. The molecule has 0 fully saturated rings. The van der Waals surface area contributed by atoms with Crippen LogP contribution in [0.4, 0.5) is 0 Å². The second-order valence-corrected chi connectivity index (χ2v) is 6.23. The molecule has 0 radical (unpaired) electrons. The summed E-state index contributed by atoms with van der Waals surface area (Å²) in [4.78, 5) is 22.9. The van der Waals surface area contributed by atoms with Crippen molar-refractivity contribution < 1.29 is 13.9 Å². The average Bonchev–Trinajstić information content (AvgIpc) is 2.57. The summed E-state index contributed by atoms with van der Waals surface area (Å²) in [5.74, 6) is 1.08. The zero-order valence-electron chi connectivity index (χ0n) is 12.7. The summed E-state index contributed by atoms with van der Waals surface area (Å²) in [6, 6.07) is 13.4. The third kappa shape index (κ3) is 3.40. The van der Waals surface area contributed by atoms with E-state index in [1.54, 1.807) is 17.8 Å². The van der Waals surface area contributed by atoms with Crippen LogP contribution >= 0.6 is 11.8 Å². The first-order valence-electron chi connectivity index (χ1n) is 7.28. The zero-order chi connectivity index (χ0) is 16.2. The van der Waals surface area contributed by atoms with Gasteiger partial charge in [0.05, 0.1) is 13.5 Å². The summed E-state index contributed by atoms with van der Waals surface area (Å²) in [6.07, 6.45) is 0.362. The molecule has 3 rings (SSSR count). The first-order chi connectivity index (χ1) is 11.2. The van der Waals surface area contributed by atoms with Crippen molar-refractivity contribution in [1.82, 2.24) is 0 Å². The molecule has 3 aromatic rings. The highest BCUT2D eigenvalue weighted by atomic mass is 32.2. The van der Waals surface area contributed by atoms with Crippen molar-refractivity contribution in [3.8, 4) is 0 Å². The van der Waals surface area contributed by atoms with E-state index in [1.807, 2.05) is 36.4 Å². The molecule has 0 aliphatic heterocycles. The van der Waals surface area contributed by atoms with Crippen LogP contribution in [0.2, 0.25) is 0 Å². The van der Waals surface area contributed by atoms with E-state index in [1.165, 1.54) is 7.11 Å². The fourth-order valence-corrected chi connectivity index (χ4v) is 3.48. The Labute approximate surface area is 137 Å². The van der Waals surface area contributed by atoms with E-state index in [9.17, 15) is 9.59 Å². The molecule has 0 saturated carbocycles. The lowest BCUT2D eigenvalue weighted by Crippen LogP contribution is -2.03. The lowest BCUT2D eigenvalue weighted by Gasteiger charge is -2.08. The number of benzene rings is 2. The fraction of sp³-hybridized carbons (Fsp3) is 0.222. The van der Waals surface area contributed by atoms with E-state index in [4.69, 9.17) is 4.42 Å². The van der Waals surface area contributed by atoms with E-state index in [0.717, 1.165) is 21.7 Å². The molecule has 1 heterocycles. The van der Waals surface area contributed by atoms with Crippen LogP contribution in [-0.4, -0.2) is 18.8 Å². The van der Waals surface area contributed by atoms with Crippen LogP contribution in [0.3, 0.4) is 0 Å². The van der Waals surface area contributed by atoms with Crippen molar-refractivity contribution >= 4 is 39.5 Å². The molecule has 0 unspecified atom stereocenters. The van der Waals surface area contributed by atoms with Gasteiger partial charge in [0.1, 0.15) is 5.58 Å². The predicted molar refractivity (Wildman–Crippen MR) is 92.8 cm³/mol. The van der Waals surface area contributed by atoms with Crippen molar-refractivity contribution in [2.45, 2.75) is 12.2 Å². The molecule has 5 heteroatoms. The fourth-order valence-electron chi connectivity index (χ4n) is 2.57. The normalized spacial score (nSPS) is 11.0. The standard InChI is InChI=1S/C18H16O4S/c1-21-16(19)8-9-23-11-13-10-17(20)22-15-7-6-12-4-2-3-5-14(12)18(13)15/h2-7,10H,8-9,11H2,1H3. The minimum Gasteiger partial charge on any atom is -0.469 e. The molecule has 0 aliphatic carbocycles. The zero-order valence-corrected chi connectivity index (χ0v) is 13.5.